The first-order chi connectivity index (χ1) is 7.93. The molecule has 1 heterocycles. The minimum Gasteiger partial charge on any atom is -0.382 e. The van der Waals surface area contributed by atoms with Gasteiger partial charge in [0, 0.05) is 25.1 Å². The number of nitrogens with one attached hydrogen (secondary N) is 1. The van der Waals surface area contributed by atoms with Gasteiger partial charge in [0.15, 0.2) is 0 Å². The van der Waals surface area contributed by atoms with E-state index in [0.717, 1.165) is 26.1 Å². The van der Waals surface area contributed by atoms with Crippen molar-refractivity contribution in [3.8, 4) is 0 Å². The van der Waals surface area contributed by atoms with E-state index in [9.17, 15) is 0 Å². The molecule has 4 heteroatoms. The molecule has 92 valence electrons. The first-order valence-electron chi connectivity index (χ1n) is 5.73. The fourth-order valence-corrected chi connectivity index (χ4v) is 2.00. The second kappa shape index (κ2) is 9.78. The van der Waals surface area contributed by atoms with E-state index in [1.165, 1.54) is 11.3 Å². The maximum Gasteiger partial charge on any atom is 0.0700 e. The minimum absolute atomic E-state index is 0.691. The van der Waals surface area contributed by atoms with Gasteiger partial charge in [-0.3, -0.25) is 0 Å². The van der Waals surface area contributed by atoms with Crippen LogP contribution in [-0.4, -0.2) is 33.5 Å². The van der Waals surface area contributed by atoms with E-state index in [1.54, 1.807) is 18.4 Å². The summed E-state index contributed by atoms with van der Waals surface area (Å²) in [7, 11) is 1.69. The van der Waals surface area contributed by atoms with Crippen molar-refractivity contribution in [2.24, 2.45) is 0 Å². The Hall–Kier alpha value is -0.420. The highest BCUT2D eigenvalue weighted by Gasteiger charge is 1.93. The summed E-state index contributed by atoms with van der Waals surface area (Å²) >= 11 is 1.80. The Bertz CT molecular complexity index is 239. The van der Waals surface area contributed by atoms with Crippen LogP contribution in [0.2, 0.25) is 0 Å². The Kier molecular flexibility index (Phi) is 8.34. The maximum absolute atomic E-state index is 5.38. The number of ether oxygens (including phenoxy) is 2. The van der Waals surface area contributed by atoms with Crippen molar-refractivity contribution in [3.63, 3.8) is 0 Å². The number of thiophene rings is 1. The third-order valence-electron chi connectivity index (χ3n) is 2.20. The van der Waals surface area contributed by atoms with Crippen LogP contribution in [0.4, 0.5) is 0 Å². The van der Waals surface area contributed by atoms with E-state index in [-0.39, 0.29) is 0 Å². The average molecular weight is 243 g/mol. The molecule has 0 saturated heterocycles. The minimum atomic E-state index is 0.691. The lowest BCUT2D eigenvalue weighted by Gasteiger charge is -2.04. The lowest BCUT2D eigenvalue weighted by molar-refractivity contribution is 0.0688. The van der Waals surface area contributed by atoms with Gasteiger partial charge in [-0.15, -0.1) is 11.3 Å². The highest BCUT2D eigenvalue weighted by Crippen LogP contribution is 2.07. The molecular formula is C12H21NO2S. The molecule has 0 radical (unpaired) electrons. The molecular weight excluding hydrogens is 222 g/mol. The van der Waals surface area contributed by atoms with Gasteiger partial charge in [0.2, 0.25) is 0 Å². The molecule has 1 aromatic rings. The molecule has 0 fully saturated rings. The summed E-state index contributed by atoms with van der Waals surface area (Å²) in [5, 5.41) is 5.53. The van der Waals surface area contributed by atoms with Crippen molar-refractivity contribution in [2.75, 3.05) is 33.5 Å². The monoisotopic (exact) mass is 243 g/mol. The zero-order valence-corrected chi connectivity index (χ0v) is 10.7. The largest absolute Gasteiger partial charge is 0.382 e. The molecule has 1 aromatic heterocycles. The second-order valence-electron chi connectivity index (χ2n) is 3.57. The first-order valence-corrected chi connectivity index (χ1v) is 6.61. The topological polar surface area (TPSA) is 30.5 Å². The molecule has 1 rings (SSSR count). The SMILES string of the molecule is COCCOCCCCNCc1cccs1. The maximum atomic E-state index is 5.38. The van der Waals surface area contributed by atoms with Gasteiger partial charge in [0.05, 0.1) is 13.2 Å². The van der Waals surface area contributed by atoms with Crippen LogP contribution in [0.5, 0.6) is 0 Å². The molecule has 0 amide bonds. The van der Waals surface area contributed by atoms with Crippen molar-refractivity contribution in [1.82, 2.24) is 5.32 Å². The number of methoxy groups -OCH3 is 1. The summed E-state index contributed by atoms with van der Waals surface area (Å²) in [5.74, 6) is 0. The molecule has 0 atom stereocenters. The van der Waals surface area contributed by atoms with Gasteiger partial charge in [0.1, 0.15) is 0 Å². The first kappa shape index (κ1) is 13.6. The van der Waals surface area contributed by atoms with Gasteiger partial charge in [0.25, 0.3) is 0 Å². The van der Waals surface area contributed by atoms with Crippen LogP contribution in [0.3, 0.4) is 0 Å². The number of hydrogen-bond donors (Lipinski definition) is 1. The van der Waals surface area contributed by atoms with Gasteiger partial charge >= 0.3 is 0 Å². The predicted molar refractivity (Wildman–Crippen MR) is 68.0 cm³/mol. The summed E-state index contributed by atoms with van der Waals surface area (Å²) in [6.07, 6.45) is 2.28. The molecule has 0 bridgehead atoms. The third-order valence-corrected chi connectivity index (χ3v) is 3.08. The standard InChI is InChI=1S/C12H21NO2S/c1-14-8-9-15-7-3-2-6-13-11-12-5-4-10-16-12/h4-5,10,13H,2-3,6-9,11H2,1H3. The molecule has 0 aliphatic carbocycles. The highest BCUT2D eigenvalue weighted by atomic mass is 32.1. The van der Waals surface area contributed by atoms with E-state index in [1.807, 2.05) is 0 Å². The van der Waals surface area contributed by atoms with E-state index < -0.39 is 0 Å². The van der Waals surface area contributed by atoms with Crippen molar-refractivity contribution in [1.29, 1.82) is 0 Å². The van der Waals surface area contributed by atoms with E-state index in [0.29, 0.717) is 13.2 Å². The molecule has 16 heavy (non-hydrogen) atoms. The van der Waals surface area contributed by atoms with Gasteiger partial charge in [-0.05, 0) is 30.8 Å². The van der Waals surface area contributed by atoms with Crippen LogP contribution >= 0.6 is 11.3 Å². The van der Waals surface area contributed by atoms with Crippen molar-refractivity contribution >= 4 is 11.3 Å². The Balaban J connectivity index is 1.78. The fraction of sp³-hybridized carbons (Fsp3) is 0.667. The zero-order chi connectivity index (χ0) is 11.5. The van der Waals surface area contributed by atoms with Gasteiger partial charge < -0.3 is 14.8 Å². The third kappa shape index (κ3) is 6.95. The average Bonchev–Trinajstić information content (AvgIpc) is 2.80. The molecule has 0 saturated carbocycles. The van der Waals surface area contributed by atoms with E-state index in [4.69, 9.17) is 9.47 Å². The Labute approximate surface area is 102 Å². The zero-order valence-electron chi connectivity index (χ0n) is 9.91. The summed E-state index contributed by atoms with van der Waals surface area (Å²) in [6.45, 7) is 4.29. The van der Waals surface area contributed by atoms with Crippen LogP contribution < -0.4 is 5.32 Å². The molecule has 0 aromatic carbocycles. The van der Waals surface area contributed by atoms with Gasteiger partial charge in [-0.2, -0.15) is 0 Å². The fourth-order valence-electron chi connectivity index (χ4n) is 1.32. The Morgan fingerprint density at radius 2 is 2.19 bits per heavy atom. The molecule has 3 nitrogen and oxygen atoms in total. The van der Waals surface area contributed by atoms with Crippen LogP contribution in [0.15, 0.2) is 17.5 Å². The Morgan fingerprint density at radius 1 is 1.25 bits per heavy atom. The molecule has 1 N–H and O–H groups in total. The summed E-state index contributed by atoms with van der Waals surface area (Å²) in [6, 6.07) is 4.25. The highest BCUT2D eigenvalue weighted by molar-refractivity contribution is 7.09. The van der Waals surface area contributed by atoms with Gasteiger partial charge in [-0.1, -0.05) is 6.07 Å². The molecule has 0 aliphatic heterocycles. The smallest absolute Gasteiger partial charge is 0.0700 e. The Morgan fingerprint density at radius 3 is 2.94 bits per heavy atom. The quantitative estimate of drug-likeness (QED) is 0.640. The van der Waals surface area contributed by atoms with E-state index >= 15 is 0 Å². The van der Waals surface area contributed by atoms with Crippen LogP contribution in [-0.2, 0) is 16.0 Å². The summed E-state index contributed by atoms with van der Waals surface area (Å²) in [5.41, 5.74) is 0. The van der Waals surface area contributed by atoms with E-state index in [2.05, 4.69) is 22.8 Å². The van der Waals surface area contributed by atoms with Crippen molar-refractivity contribution in [3.05, 3.63) is 22.4 Å². The van der Waals surface area contributed by atoms with Crippen molar-refractivity contribution < 1.29 is 9.47 Å². The van der Waals surface area contributed by atoms with Crippen LogP contribution in [0, 0.1) is 0 Å². The van der Waals surface area contributed by atoms with Gasteiger partial charge in [-0.25, -0.2) is 0 Å². The lowest BCUT2D eigenvalue weighted by atomic mass is 10.3. The summed E-state index contributed by atoms with van der Waals surface area (Å²) in [4.78, 5) is 1.40. The van der Waals surface area contributed by atoms with Crippen LogP contribution in [0.1, 0.15) is 17.7 Å². The summed E-state index contributed by atoms with van der Waals surface area (Å²) < 4.78 is 10.3. The lowest BCUT2D eigenvalue weighted by Crippen LogP contribution is -2.14. The second-order valence-corrected chi connectivity index (χ2v) is 4.60. The molecule has 0 unspecified atom stereocenters. The normalized spacial score (nSPS) is 10.8. The molecule has 0 aliphatic rings. The number of rotatable bonds is 10. The predicted octanol–water partition coefficient (Wildman–Crippen LogP) is 2.28. The van der Waals surface area contributed by atoms with Crippen molar-refractivity contribution in [2.45, 2.75) is 19.4 Å². The number of hydrogen-bond acceptors (Lipinski definition) is 4. The number of unbranched alkanes of at least 4 members (excludes halogenated alkanes) is 1. The molecule has 0 spiro atoms. The van der Waals surface area contributed by atoms with Crippen LogP contribution in [0.25, 0.3) is 0 Å².